The average molecular weight is 812 g/mol. The summed E-state index contributed by atoms with van der Waals surface area (Å²) in [6.45, 7) is 1.47. The Morgan fingerprint density at radius 1 is 0.684 bits per heavy atom. The van der Waals surface area contributed by atoms with E-state index in [2.05, 4.69) is 31.9 Å². The topological polar surface area (TPSA) is 405 Å². The summed E-state index contributed by atoms with van der Waals surface area (Å²) < 4.78 is 0. The Morgan fingerprint density at radius 2 is 1.19 bits per heavy atom. The number of nitrogens with two attached hydrogens (primary N) is 3. The number of nitrogens with one attached hydrogen (secondary N) is 6. The first-order valence-electron chi connectivity index (χ1n) is 17.8. The summed E-state index contributed by atoms with van der Waals surface area (Å²) in [5, 5.41) is 61.1. The van der Waals surface area contributed by atoms with Gasteiger partial charge in [0.2, 0.25) is 41.4 Å². The number of amides is 7. The minimum absolute atomic E-state index is 0.00667. The number of phenolic OH excluding ortho intramolecular Hbond substituents is 1. The van der Waals surface area contributed by atoms with Crippen LogP contribution in [0.3, 0.4) is 0 Å². The Morgan fingerprint density at radius 3 is 1.72 bits per heavy atom. The molecule has 318 valence electrons. The van der Waals surface area contributed by atoms with E-state index >= 15 is 0 Å². The maximum absolute atomic E-state index is 13.3. The molecule has 7 amide bonds. The van der Waals surface area contributed by atoms with Crippen molar-refractivity contribution in [2.24, 2.45) is 17.2 Å². The zero-order valence-electron chi connectivity index (χ0n) is 31.4. The number of rotatable bonds is 26. The van der Waals surface area contributed by atoms with Gasteiger partial charge in [-0.2, -0.15) is 0 Å². The van der Waals surface area contributed by atoms with Crippen molar-refractivity contribution in [3.05, 3.63) is 29.8 Å². The highest BCUT2D eigenvalue weighted by molar-refractivity contribution is 5.98. The number of hydrogen-bond acceptors (Lipinski definition) is 14. The molecule has 0 saturated heterocycles. The first kappa shape index (κ1) is 49.1. The second-order valence-electron chi connectivity index (χ2n) is 13.1. The number of carboxylic acid groups (broad SMARTS) is 2. The minimum Gasteiger partial charge on any atom is -0.508 e. The lowest BCUT2D eigenvalue weighted by atomic mass is 10.0. The quantitative estimate of drug-likeness (QED) is 0.0388. The Bertz CT molecular complexity index is 1580. The third kappa shape index (κ3) is 18.1. The lowest BCUT2D eigenvalue weighted by molar-refractivity contribution is -0.145. The molecule has 17 N–H and O–H groups in total. The van der Waals surface area contributed by atoms with Crippen molar-refractivity contribution in [1.82, 2.24) is 31.9 Å². The lowest BCUT2D eigenvalue weighted by Gasteiger charge is -2.26. The molecule has 0 spiro atoms. The van der Waals surface area contributed by atoms with Gasteiger partial charge in [-0.15, -0.1) is 0 Å². The van der Waals surface area contributed by atoms with E-state index in [1.165, 1.54) is 31.2 Å². The Labute approximate surface area is 326 Å². The summed E-state index contributed by atoms with van der Waals surface area (Å²) in [6.07, 6.45) is -2.65. The van der Waals surface area contributed by atoms with Crippen molar-refractivity contribution in [2.75, 3.05) is 13.2 Å². The van der Waals surface area contributed by atoms with Gasteiger partial charge in [-0.3, -0.25) is 38.4 Å². The molecule has 0 fully saturated rings. The van der Waals surface area contributed by atoms with Crippen molar-refractivity contribution < 1.29 is 68.7 Å². The monoisotopic (exact) mass is 811 g/mol. The van der Waals surface area contributed by atoms with Crippen molar-refractivity contribution in [2.45, 2.75) is 107 Å². The number of aliphatic hydroxyl groups is 2. The molecular formula is C34H53N9O14. The van der Waals surface area contributed by atoms with Gasteiger partial charge in [0.1, 0.15) is 36.0 Å². The lowest BCUT2D eigenvalue weighted by Crippen LogP contribution is -2.60. The SMILES string of the molecule is C[C@H](NC(=O)[C@H](CO)NC(=O)[C@H](CC(=O)O)NC(=O)[C@H](CCC(N)=O)NC(=O)[C@@H](N)Cc1ccc(O)cc1)C(=O)N[C@@H](CCCCN)C(=O)N[C@H](C(=O)O)[C@@H](C)O. The smallest absolute Gasteiger partial charge is 0.328 e. The molecule has 0 saturated carbocycles. The first-order chi connectivity index (χ1) is 26.7. The third-order valence-corrected chi connectivity index (χ3v) is 8.25. The van der Waals surface area contributed by atoms with E-state index in [9.17, 15) is 68.7 Å². The van der Waals surface area contributed by atoms with Crippen molar-refractivity contribution in [1.29, 1.82) is 0 Å². The Balaban J connectivity index is 3.07. The van der Waals surface area contributed by atoms with Crippen molar-refractivity contribution in [3.63, 3.8) is 0 Å². The van der Waals surface area contributed by atoms with E-state index < -0.39 is 128 Å². The predicted octanol–water partition coefficient (Wildman–Crippen LogP) is -5.48. The molecule has 8 atom stereocenters. The molecule has 0 aromatic heterocycles. The van der Waals surface area contributed by atoms with Gasteiger partial charge in [0.05, 0.1) is 25.2 Å². The number of hydrogen-bond donors (Lipinski definition) is 14. The van der Waals surface area contributed by atoms with Crippen molar-refractivity contribution >= 4 is 53.3 Å². The van der Waals surface area contributed by atoms with Gasteiger partial charge in [-0.1, -0.05) is 12.1 Å². The van der Waals surface area contributed by atoms with E-state index in [4.69, 9.17) is 17.2 Å². The number of aliphatic hydroxyl groups excluding tert-OH is 2. The van der Waals surface area contributed by atoms with Crippen LogP contribution in [0.2, 0.25) is 0 Å². The molecule has 1 aromatic carbocycles. The predicted molar refractivity (Wildman–Crippen MR) is 197 cm³/mol. The molecule has 57 heavy (non-hydrogen) atoms. The van der Waals surface area contributed by atoms with Gasteiger partial charge >= 0.3 is 11.9 Å². The van der Waals surface area contributed by atoms with Crippen LogP contribution in [0.15, 0.2) is 24.3 Å². The van der Waals surface area contributed by atoms with Crippen LogP contribution >= 0.6 is 0 Å². The number of phenols is 1. The van der Waals surface area contributed by atoms with Crippen LogP contribution in [0.1, 0.15) is 57.9 Å². The van der Waals surface area contributed by atoms with Crippen LogP contribution in [0.5, 0.6) is 5.75 Å². The van der Waals surface area contributed by atoms with Crippen molar-refractivity contribution in [3.8, 4) is 5.75 Å². The molecule has 0 heterocycles. The average Bonchev–Trinajstić information content (AvgIpc) is 3.13. The van der Waals surface area contributed by atoms with E-state index in [1.54, 1.807) is 0 Å². The van der Waals surface area contributed by atoms with Crippen LogP contribution in [0, 0.1) is 0 Å². The summed E-state index contributed by atoms with van der Waals surface area (Å²) in [7, 11) is 0. The van der Waals surface area contributed by atoms with Gasteiger partial charge in [0, 0.05) is 6.42 Å². The molecule has 1 rings (SSSR count). The van der Waals surface area contributed by atoms with E-state index in [1.807, 2.05) is 0 Å². The molecule has 0 aliphatic heterocycles. The molecule has 0 unspecified atom stereocenters. The van der Waals surface area contributed by atoms with Gasteiger partial charge < -0.3 is 74.6 Å². The van der Waals surface area contributed by atoms with Gasteiger partial charge in [0.15, 0.2) is 6.04 Å². The van der Waals surface area contributed by atoms with Crippen LogP contribution in [-0.4, -0.2) is 140 Å². The summed E-state index contributed by atoms with van der Waals surface area (Å²) in [5.41, 5.74) is 17.2. The van der Waals surface area contributed by atoms with Gasteiger partial charge in [-0.05, 0) is 70.2 Å². The number of carbonyl (C=O) groups excluding carboxylic acids is 7. The number of unbranched alkanes of at least 4 members (excludes halogenated alkanes) is 1. The highest BCUT2D eigenvalue weighted by Crippen LogP contribution is 2.11. The highest BCUT2D eigenvalue weighted by atomic mass is 16.4. The number of benzene rings is 1. The number of carbonyl (C=O) groups is 9. The molecule has 23 heteroatoms. The Hall–Kier alpha value is -5.91. The molecule has 1 aromatic rings. The largest absolute Gasteiger partial charge is 0.508 e. The second kappa shape index (κ2) is 24.6. The molecule has 23 nitrogen and oxygen atoms in total. The summed E-state index contributed by atoms with van der Waals surface area (Å²) in [6, 6.07) is -5.25. The second-order valence-corrected chi connectivity index (χ2v) is 13.1. The number of primary amides is 1. The normalized spacial score (nSPS) is 15.1. The fourth-order valence-electron chi connectivity index (χ4n) is 5.02. The van der Waals surface area contributed by atoms with Crippen LogP contribution in [0.4, 0.5) is 0 Å². The van der Waals surface area contributed by atoms with E-state index in [-0.39, 0.29) is 25.1 Å². The number of carboxylic acids is 2. The third-order valence-electron chi connectivity index (χ3n) is 8.25. The molecular weight excluding hydrogens is 758 g/mol. The summed E-state index contributed by atoms with van der Waals surface area (Å²) >= 11 is 0. The van der Waals surface area contributed by atoms with E-state index in [0.29, 0.717) is 18.4 Å². The zero-order valence-corrected chi connectivity index (χ0v) is 31.4. The standard InChI is InChI=1S/C34H53N9O14/c1-16(28(50)39-21(5-3-4-12-35)31(53)43-27(17(2)45)34(56)57)38-33(55)24(15-44)42-32(54)23(14-26(48)49)41-30(52)22(10-11-25(37)47)40-29(51)20(36)13-18-6-8-19(46)9-7-18/h6-9,16-17,20-24,27,44-46H,3-5,10-15,35-36H2,1-2H3,(H2,37,47)(H,38,55)(H,39,50)(H,40,51)(H,41,52)(H,42,54)(H,43,53)(H,48,49)(H,56,57)/t16-,17+,20-,21-,22-,23-,24-,27-/m0/s1. The van der Waals surface area contributed by atoms with Gasteiger partial charge in [0.25, 0.3) is 0 Å². The maximum Gasteiger partial charge on any atom is 0.328 e. The number of aromatic hydroxyl groups is 1. The summed E-state index contributed by atoms with van der Waals surface area (Å²) in [5.74, 6) is -10.4. The fourth-order valence-corrected chi connectivity index (χ4v) is 5.02. The highest BCUT2D eigenvalue weighted by Gasteiger charge is 2.34. The molecule has 0 aliphatic rings. The van der Waals surface area contributed by atoms with Crippen LogP contribution < -0.4 is 49.1 Å². The minimum atomic E-state index is -1.92. The zero-order chi connectivity index (χ0) is 43.4. The number of aliphatic carboxylic acids is 2. The van der Waals surface area contributed by atoms with Gasteiger partial charge in [-0.25, -0.2) is 4.79 Å². The maximum atomic E-state index is 13.3. The van der Waals surface area contributed by atoms with Crippen LogP contribution in [-0.2, 0) is 49.6 Å². The molecule has 0 bridgehead atoms. The molecule has 0 aliphatic carbocycles. The fraction of sp³-hybridized carbons (Fsp3) is 0.559. The first-order valence-corrected chi connectivity index (χ1v) is 17.8. The van der Waals surface area contributed by atoms with Crippen LogP contribution in [0.25, 0.3) is 0 Å². The van der Waals surface area contributed by atoms with E-state index in [0.717, 1.165) is 6.92 Å². The Kier molecular flexibility index (Phi) is 21.2. The molecule has 0 radical (unpaired) electrons. The summed E-state index contributed by atoms with van der Waals surface area (Å²) in [4.78, 5) is 113.